The lowest BCUT2D eigenvalue weighted by molar-refractivity contribution is 1.04. The molecule has 0 saturated carbocycles. The Morgan fingerprint density at radius 3 is 2.53 bits per heavy atom. The van der Waals surface area contributed by atoms with Crippen LogP contribution < -0.4 is 0 Å². The zero-order valence-corrected chi connectivity index (χ0v) is 10.4. The Morgan fingerprint density at radius 2 is 1.94 bits per heavy atom. The SMILES string of the molecule is N#Cc1cnc(SCc2ccc(Cl)cc2)cn1. The van der Waals surface area contributed by atoms with E-state index in [1.807, 2.05) is 30.3 Å². The zero-order valence-electron chi connectivity index (χ0n) is 8.80. The van der Waals surface area contributed by atoms with Crippen LogP contribution in [0.25, 0.3) is 0 Å². The molecule has 0 radical (unpaired) electrons. The van der Waals surface area contributed by atoms with Gasteiger partial charge in [-0.15, -0.1) is 11.8 Å². The summed E-state index contributed by atoms with van der Waals surface area (Å²) in [5.41, 5.74) is 1.51. The van der Waals surface area contributed by atoms with E-state index in [-0.39, 0.29) is 0 Å². The lowest BCUT2D eigenvalue weighted by Gasteiger charge is -2.01. The van der Waals surface area contributed by atoms with Gasteiger partial charge in [0.25, 0.3) is 0 Å². The van der Waals surface area contributed by atoms with Crippen LogP contribution in [0.2, 0.25) is 5.02 Å². The lowest BCUT2D eigenvalue weighted by Crippen LogP contribution is -1.87. The largest absolute Gasteiger partial charge is 0.245 e. The Kier molecular flexibility index (Phi) is 3.97. The Balaban J connectivity index is 1.98. The quantitative estimate of drug-likeness (QED) is 0.796. The average molecular weight is 262 g/mol. The number of hydrogen-bond acceptors (Lipinski definition) is 4. The Hall–Kier alpha value is -1.57. The van der Waals surface area contributed by atoms with Crippen molar-refractivity contribution in [3.8, 4) is 6.07 Å². The Morgan fingerprint density at radius 1 is 1.18 bits per heavy atom. The second-order valence-electron chi connectivity index (χ2n) is 3.27. The molecule has 5 heteroatoms. The molecule has 17 heavy (non-hydrogen) atoms. The summed E-state index contributed by atoms with van der Waals surface area (Å²) in [6.45, 7) is 0. The Labute approximate surface area is 108 Å². The van der Waals surface area contributed by atoms with Gasteiger partial charge in [0.2, 0.25) is 0 Å². The average Bonchev–Trinajstić information content (AvgIpc) is 2.39. The standard InChI is InChI=1S/C12H8ClN3S/c13-10-3-1-9(2-4-10)8-17-12-7-15-11(5-14)6-16-12/h1-4,6-7H,8H2. The molecule has 0 saturated heterocycles. The van der Waals surface area contributed by atoms with Gasteiger partial charge in [-0.3, -0.25) is 0 Å². The molecule has 0 aliphatic rings. The van der Waals surface area contributed by atoms with Gasteiger partial charge in [-0.1, -0.05) is 23.7 Å². The lowest BCUT2D eigenvalue weighted by atomic mass is 10.2. The van der Waals surface area contributed by atoms with Gasteiger partial charge >= 0.3 is 0 Å². The van der Waals surface area contributed by atoms with Crippen LogP contribution in [0, 0.1) is 11.3 Å². The molecule has 1 aromatic heterocycles. The molecule has 0 N–H and O–H groups in total. The van der Waals surface area contributed by atoms with Crippen molar-refractivity contribution < 1.29 is 0 Å². The van der Waals surface area contributed by atoms with Gasteiger partial charge in [0, 0.05) is 10.8 Å². The van der Waals surface area contributed by atoms with Crippen LogP contribution >= 0.6 is 23.4 Å². The van der Waals surface area contributed by atoms with Crippen molar-refractivity contribution in [3.63, 3.8) is 0 Å². The summed E-state index contributed by atoms with van der Waals surface area (Å²) >= 11 is 7.37. The molecule has 0 amide bonds. The van der Waals surface area contributed by atoms with Crippen LogP contribution in [-0.2, 0) is 5.75 Å². The highest BCUT2D eigenvalue weighted by Crippen LogP contribution is 2.20. The maximum Gasteiger partial charge on any atom is 0.158 e. The predicted octanol–water partition coefficient (Wildman–Crippen LogP) is 3.29. The van der Waals surface area contributed by atoms with Crippen molar-refractivity contribution >= 4 is 23.4 Å². The number of aromatic nitrogens is 2. The smallest absolute Gasteiger partial charge is 0.158 e. The van der Waals surface area contributed by atoms with E-state index in [2.05, 4.69) is 9.97 Å². The minimum Gasteiger partial charge on any atom is -0.245 e. The number of rotatable bonds is 3. The molecule has 0 unspecified atom stereocenters. The summed E-state index contributed by atoms with van der Waals surface area (Å²) in [5.74, 6) is 0.803. The van der Waals surface area contributed by atoms with Crippen LogP contribution in [0.4, 0.5) is 0 Å². The van der Waals surface area contributed by atoms with Crippen molar-refractivity contribution in [1.82, 2.24) is 9.97 Å². The van der Waals surface area contributed by atoms with Crippen LogP contribution in [0.1, 0.15) is 11.3 Å². The molecule has 1 aromatic carbocycles. The fourth-order valence-corrected chi connectivity index (χ4v) is 2.07. The number of benzene rings is 1. The second kappa shape index (κ2) is 5.67. The van der Waals surface area contributed by atoms with Gasteiger partial charge in [0.1, 0.15) is 11.1 Å². The van der Waals surface area contributed by atoms with Gasteiger partial charge in [0.05, 0.1) is 12.4 Å². The molecule has 0 atom stereocenters. The van der Waals surface area contributed by atoms with E-state index in [0.29, 0.717) is 5.69 Å². The second-order valence-corrected chi connectivity index (χ2v) is 4.70. The molecule has 0 bridgehead atoms. The molecule has 0 spiro atoms. The third-order valence-corrected chi connectivity index (χ3v) is 3.28. The fraction of sp³-hybridized carbons (Fsp3) is 0.0833. The first kappa shape index (κ1) is 11.9. The number of thioether (sulfide) groups is 1. The van der Waals surface area contributed by atoms with Gasteiger partial charge in [0.15, 0.2) is 5.69 Å². The molecule has 0 fully saturated rings. The van der Waals surface area contributed by atoms with Crippen molar-refractivity contribution in [3.05, 3.63) is 52.9 Å². The summed E-state index contributed by atoms with van der Waals surface area (Å²) in [4.78, 5) is 8.09. The minimum absolute atomic E-state index is 0.334. The molecular weight excluding hydrogens is 254 g/mol. The van der Waals surface area contributed by atoms with Crippen LogP contribution in [0.3, 0.4) is 0 Å². The molecule has 3 nitrogen and oxygen atoms in total. The molecule has 0 aliphatic carbocycles. The molecule has 2 aromatic rings. The van der Waals surface area contributed by atoms with E-state index in [1.165, 1.54) is 11.8 Å². The van der Waals surface area contributed by atoms with E-state index >= 15 is 0 Å². The highest BCUT2D eigenvalue weighted by molar-refractivity contribution is 7.98. The van der Waals surface area contributed by atoms with E-state index in [1.54, 1.807) is 18.0 Å². The highest BCUT2D eigenvalue weighted by Gasteiger charge is 1.99. The predicted molar refractivity (Wildman–Crippen MR) is 67.8 cm³/mol. The van der Waals surface area contributed by atoms with Crippen molar-refractivity contribution in [2.24, 2.45) is 0 Å². The topological polar surface area (TPSA) is 49.6 Å². The van der Waals surface area contributed by atoms with Crippen molar-refractivity contribution in [1.29, 1.82) is 5.26 Å². The minimum atomic E-state index is 0.334. The fourth-order valence-electron chi connectivity index (χ4n) is 1.19. The monoisotopic (exact) mass is 261 g/mol. The summed E-state index contributed by atoms with van der Waals surface area (Å²) < 4.78 is 0. The first-order chi connectivity index (χ1) is 8.28. The third kappa shape index (κ3) is 3.45. The number of nitriles is 1. The third-order valence-electron chi connectivity index (χ3n) is 2.04. The summed E-state index contributed by atoms with van der Waals surface area (Å²) in [5, 5.41) is 10.1. The first-order valence-electron chi connectivity index (χ1n) is 4.87. The number of halogens is 1. The van der Waals surface area contributed by atoms with Crippen LogP contribution in [0.5, 0.6) is 0 Å². The van der Waals surface area contributed by atoms with Gasteiger partial charge in [-0.05, 0) is 17.7 Å². The summed E-state index contributed by atoms with van der Waals surface area (Å²) in [7, 11) is 0. The normalized spacial score (nSPS) is 9.88. The molecular formula is C12H8ClN3S. The van der Waals surface area contributed by atoms with Crippen molar-refractivity contribution in [2.45, 2.75) is 10.8 Å². The molecule has 0 aliphatic heterocycles. The maximum absolute atomic E-state index is 8.59. The summed E-state index contributed by atoms with van der Waals surface area (Å²) in [6.07, 6.45) is 3.09. The molecule has 2 rings (SSSR count). The molecule has 84 valence electrons. The zero-order chi connectivity index (χ0) is 12.1. The molecule has 1 heterocycles. The highest BCUT2D eigenvalue weighted by atomic mass is 35.5. The van der Waals surface area contributed by atoms with E-state index in [9.17, 15) is 0 Å². The first-order valence-corrected chi connectivity index (χ1v) is 6.23. The Bertz CT molecular complexity index is 531. The van der Waals surface area contributed by atoms with E-state index in [4.69, 9.17) is 16.9 Å². The van der Waals surface area contributed by atoms with Crippen molar-refractivity contribution in [2.75, 3.05) is 0 Å². The van der Waals surface area contributed by atoms with Gasteiger partial charge < -0.3 is 0 Å². The van der Waals surface area contributed by atoms with E-state index in [0.717, 1.165) is 15.8 Å². The van der Waals surface area contributed by atoms with Gasteiger partial charge in [-0.25, -0.2) is 9.97 Å². The number of hydrogen-bond donors (Lipinski definition) is 0. The van der Waals surface area contributed by atoms with E-state index < -0.39 is 0 Å². The van der Waals surface area contributed by atoms with Gasteiger partial charge in [-0.2, -0.15) is 5.26 Å². The summed E-state index contributed by atoms with van der Waals surface area (Å²) in [6, 6.07) is 9.62. The maximum atomic E-state index is 8.59. The van der Waals surface area contributed by atoms with Crippen LogP contribution in [-0.4, -0.2) is 9.97 Å². The number of nitrogens with zero attached hydrogens (tertiary/aromatic N) is 3. The van der Waals surface area contributed by atoms with Crippen LogP contribution in [0.15, 0.2) is 41.7 Å².